The molecule has 0 bridgehead atoms. The van der Waals surface area contributed by atoms with Gasteiger partial charge in [-0.15, -0.1) is 0 Å². The van der Waals surface area contributed by atoms with Gasteiger partial charge in [-0.05, 0) is 49.6 Å². The fourth-order valence-corrected chi connectivity index (χ4v) is 4.57. The molecule has 2 aromatic rings. The van der Waals surface area contributed by atoms with Crippen LogP contribution in [0.4, 0.5) is 5.69 Å². The van der Waals surface area contributed by atoms with E-state index in [0.29, 0.717) is 18.8 Å². The van der Waals surface area contributed by atoms with Crippen molar-refractivity contribution in [1.82, 2.24) is 4.31 Å². The average Bonchev–Trinajstić information content (AvgIpc) is 3.12. The smallest absolute Gasteiger partial charge is 0.257 e. The molecule has 3 rings (SSSR count). The topological polar surface area (TPSA) is 66.5 Å². The molecular formula is C18H19ClN2O3S. The third kappa shape index (κ3) is 3.71. The molecule has 25 heavy (non-hydrogen) atoms. The molecule has 1 saturated heterocycles. The third-order valence-electron chi connectivity index (χ3n) is 4.28. The first-order valence-corrected chi connectivity index (χ1v) is 9.88. The average molecular weight is 379 g/mol. The van der Waals surface area contributed by atoms with Crippen LogP contribution in [0.25, 0.3) is 0 Å². The summed E-state index contributed by atoms with van der Waals surface area (Å²) in [5.41, 5.74) is 1.72. The number of para-hydroxylation sites is 1. The number of aryl methyl sites for hydroxylation is 1. The number of carbonyl (C=O) groups is 1. The summed E-state index contributed by atoms with van der Waals surface area (Å²) in [7, 11) is -3.60. The highest BCUT2D eigenvalue weighted by molar-refractivity contribution is 7.89. The molecular weight excluding hydrogens is 360 g/mol. The van der Waals surface area contributed by atoms with Crippen molar-refractivity contribution in [3.05, 3.63) is 58.6 Å². The van der Waals surface area contributed by atoms with Crippen LogP contribution >= 0.6 is 11.6 Å². The molecule has 0 atom stereocenters. The zero-order valence-electron chi connectivity index (χ0n) is 13.8. The Morgan fingerprint density at radius 1 is 1.12 bits per heavy atom. The van der Waals surface area contributed by atoms with Crippen molar-refractivity contribution in [2.75, 3.05) is 18.4 Å². The van der Waals surface area contributed by atoms with Gasteiger partial charge in [0.1, 0.15) is 0 Å². The largest absolute Gasteiger partial charge is 0.322 e. The maximum Gasteiger partial charge on any atom is 0.257 e. The number of carbonyl (C=O) groups excluding carboxylic acids is 1. The molecule has 1 aliphatic heterocycles. The lowest BCUT2D eigenvalue weighted by Crippen LogP contribution is -2.28. The quantitative estimate of drug-likeness (QED) is 0.882. The number of hydrogen-bond donors (Lipinski definition) is 1. The summed E-state index contributed by atoms with van der Waals surface area (Å²) < 4.78 is 26.8. The van der Waals surface area contributed by atoms with Gasteiger partial charge in [0.15, 0.2) is 0 Å². The van der Waals surface area contributed by atoms with E-state index in [1.54, 1.807) is 6.07 Å². The number of nitrogens with zero attached hydrogens (tertiary/aromatic N) is 1. The normalized spacial score (nSPS) is 15.3. The summed E-state index contributed by atoms with van der Waals surface area (Å²) in [6.45, 7) is 2.90. The van der Waals surface area contributed by atoms with E-state index < -0.39 is 15.9 Å². The zero-order valence-corrected chi connectivity index (χ0v) is 15.4. The van der Waals surface area contributed by atoms with Gasteiger partial charge in [0.05, 0.1) is 15.5 Å². The molecule has 0 aromatic heterocycles. The first-order valence-electron chi connectivity index (χ1n) is 8.06. The predicted molar refractivity (Wildman–Crippen MR) is 98.6 cm³/mol. The number of nitrogens with one attached hydrogen (secondary N) is 1. The second-order valence-electron chi connectivity index (χ2n) is 6.02. The second-order valence-corrected chi connectivity index (χ2v) is 8.37. The van der Waals surface area contributed by atoms with Gasteiger partial charge >= 0.3 is 0 Å². The van der Waals surface area contributed by atoms with Crippen molar-refractivity contribution in [2.45, 2.75) is 24.7 Å². The van der Waals surface area contributed by atoms with Crippen LogP contribution in [0.5, 0.6) is 0 Å². The number of halogens is 1. The molecule has 132 valence electrons. The fourth-order valence-electron chi connectivity index (χ4n) is 2.82. The highest BCUT2D eigenvalue weighted by Gasteiger charge is 2.28. The van der Waals surface area contributed by atoms with Crippen LogP contribution in [-0.4, -0.2) is 31.7 Å². The lowest BCUT2D eigenvalue weighted by molar-refractivity contribution is 0.102. The van der Waals surface area contributed by atoms with Crippen molar-refractivity contribution in [3.8, 4) is 0 Å². The molecule has 1 heterocycles. The van der Waals surface area contributed by atoms with Gasteiger partial charge in [0.25, 0.3) is 5.91 Å². The van der Waals surface area contributed by atoms with Crippen LogP contribution < -0.4 is 5.32 Å². The van der Waals surface area contributed by atoms with E-state index in [4.69, 9.17) is 11.6 Å². The summed E-state index contributed by atoms with van der Waals surface area (Å²) in [5, 5.41) is 3.00. The van der Waals surface area contributed by atoms with Crippen molar-refractivity contribution in [2.24, 2.45) is 0 Å². The Hall–Kier alpha value is -1.89. The van der Waals surface area contributed by atoms with Crippen LogP contribution in [-0.2, 0) is 10.0 Å². The number of amides is 1. The van der Waals surface area contributed by atoms with Crippen LogP contribution in [0.1, 0.15) is 28.8 Å². The molecule has 1 N–H and O–H groups in total. The van der Waals surface area contributed by atoms with Gasteiger partial charge in [0.2, 0.25) is 10.0 Å². The van der Waals surface area contributed by atoms with Gasteiger partial charge in [-0.2, -0.15) is 4.31 Å². The number of hydrogen-bond acceptors (Lipinski definition) is 3. The van der Waals surface area contributed by atoms with Crippen molar-refractivity contribution in [1.29, 1.82) is 0 Å². The van der Waals surface area contributed by atoms with Crippen molar-refractivity contribution >= 4 is 33.2 Å². The summed E-state index contributed by atoms with van der Waals surface area (Å²) in [4.78, 5) is 12.7. The number of sulfonamides is 1. The SMILES string of the molecule is Cc1ccccc1NC(=O)c1cc(S(=O)(=O)N2CCCC2)ccc1Cl. The summed E-state index contributed by atoms with van der Waals surface area (Å²) >= 11 is 6.14. The summed E-state index contributed by atoms with van der Waals surface area (Å²) in [6.07, 6.45) is 1.71. The first-order chi connectivity index (χ1) is 11.9. The standard InChI is InChI=1S/C18H19ClN2O3S/c1-13-6-2-3-7-17(13)20-18(22)15-12-14(8-9-16(15)19)25(23,24)21-10-4-5-11-21/h2-3,6-9,12H,4-5,10-11H2,1H3,(H,20,22). The molecule has 5 nitrogen and oxygen atoms in total. The first kappa shape index (κ1) is 17.9. The van der Waals surface area contributed by atoms with Gasteiger partial charge < -0.3 is 5.32 Å². The van der Waals surface area contributed by atoms with Crippen LogP contribution in [0.2, 0.25) is 5.02 Å². The van der Waals surface area contributed by atoms with Crippen LogP contribution in [0, 0.1) is 6.92 Å². The van der Waals surface area contributed by atoms with Gasteiger partial charge in [0, 0.05) is 18.8 Å². The Labute approximate surface area is 152 Å². The lowest BCUT2D eigenvalue weighted by atomic mass is 10.1. The Morgan fingerprint density at radius 2 is 1.80 bits per heavy atom. The molecule has 0 radical (unpaired) electrons. The second kappa shape index (κ2) is 7.15. The Bertz CT molecular complexity index is 906. The monoisotopic (exact) mass is 378 g/mol. The zero-order chi connectivity index (χ0) is 18.0. The molecule has 1 fully saturated rings. The molecule has 0 unspecified atom stereocenters. The van der Waals surface area contributed by atoms with Gasteiger partial charge in [-0.1, -0.05) is 29.8 Å². The van der Waals surface area contributed by atoms with Gasteiger partial charge in [-0.3, -0.25) is 4.79 Å². The maximum absolute atomic E-state index is 12.7. The minimum absolute atomic E-state index is 0.0914. The predicted octanol–water partition coefficient (Wildman–Crippen LogP) is 3.69. The van der Waals surface area contributed by atoms with Gasteiger partial charge in [-0.25, -0.2) is 8.42 Å². The lowest BCUT2D eigenvalue weighted by Gasteiger charge is -2.16. The highest BCUT2D eigenvalue weighted by atomic mass is 35.5. The minimum Gasteiger partial charge on any atom is -0.322 e. The highest BCUT2D eigenvalue weighted by Crippen LogP contribution is 2.26. The molecule has 0 aliphatic carbocycles. The Balaban J connectivity index is 1.91. The van der Waals surface area contributed by atoms with Crippen molar-refractivity contribution in [3.63, 3.8) is 0 Å². The molecule has 0 saturated carbocycles. The van der Waals surface area contributed by atoms with E-state index >= 15 is 0 Å². The van der Waals surface area contributed by atoms with E-state index in [9.17, 15) is 13.2 Å². The Morgan fingerprint density at radius 3 is 2.48 bits per heavy atom. The van der Waals surface area contributed by atoms with E-state index in [0.717, 1.165) is 18.4 Å². The van der Waals surface area contributed by atoms with E-state index in [2.05, 4.69) is 5.32 Å². The fraction of sp³-hybridized carbons (Fsp3) is 0.278. The molecule has 2 aromatic carbocycles. The van der Waals surface area contributed by atoms with E-state index in [1.165, 1.54) is 22.5 Å². The van der Waals surface area contributed by atoms with E-state index in [-0.39, 0.29) is 15.5 Å². The van der Waals surface area contributed by atoms with E-state index in [1.807, 2.05) is 25.1 Å². The molecule has 1 aliphatic rings. The summed E-state index contributed by atoms with van der Waals surface area (Å²) in [5.74, 6) is -0.433. The Kier molecular flexibility index (Phi) is 5.13. The third-order valence-corrected chi connectivity index (χ3v) is 6.50. The molecule has 1 amide bonds. The van der Waals surface area contributed by atoms with Crippen LogP contribution in [0.15, 0.2) is 47.4 Å². The maximum atomic E-state index is 12.7. The summed E-state index contributed by atoms with van der Waals surface area (Å²) in [6, 6.07) is 11.6. The molecule has 0 spiro atoms. The number of anilines is 1. The van der Waals surface area contributed by atoms with Crippen molar-refractivity contribution < 1.29 is 13.2 Å². The number of benzene rings is 2. The molecule has 7 heteroatoms. The minimum atomic E-state index is -3.60. The van der Waals surface area contributed by atoms with Crippen LogP contribution in [0.3, 0.4) is 0 Å². The number of rotatable bonds is 4.